The Morgan fingerprint density at radius 2 is 2.00 bits per heavy atom. The summed E-state index contributed by atoms with van der Waals surface area (Å²) in [6.07, 6.45) is 7.00. The molecule has 26 heavy (non-hydrogen) atoms. The molecule has 0 bridgehead atoms. The SMILES string of the molecule is CN=C(NCc1nncn1-c1ccccc1)NCC1(CC(C)C)CCC1. The molecule has 1 aromatic heterocycles. The maximum absolute atomic E-state index is 4.37. The number of aromatic nitrogens is 3. The van der Waals surface area contributed by atoms with Crippen molar-refractivity contribution < 1.29 is 0 Å². The zero-order valence-corrected chi connectivity index (χ0v) is 16.1. The van der Waals surface area contributed by atoms with Gasteiger partial charge >= 0.3 is 0 Å². The average molecular weight is 355 g/mol. The molecular weight excluding hydrogens is 324 g/mol. The van der Waals surface area contributed by atoms with Gasteiger partial charge in [0, 0.05) is 19.3 Å². The van der Waals surface area contributed by atoms with Gasteiger partial charge in [-0.3, -0.25) is 9.56 Å². The van der Waals surface area contributed by atoms with Gasteiger partial charge in [0.15, 0.2) is 11.8 Å². The molecule has 3 rings (SSSR count). The summed E-state index contributed by atoms with van der Waals surface area (Å²) in [6, 6.07) is 10.1. The molecule has 1 heterocycles. The molecule has 0 saturated heterocycles. The number of benzene rings is 1. The van der Waals surface area contributed by atoms with Crippen molar-refractivity contribution in [2.45, 2.75) is 46.1 Å². The Morgan fingerprint density at radius 3 is 2.62 bits per heavy atom. The van der Waals surface area contributed by atoms with Crippen LogP contribution in [-0.2, 0) is 6.54 Å². The number of hydrogen-bond donors (Lipinski definition) is 2. The first-order valence-electron chi connectivity index (χ1n) is 9.51. The largest absolute Gasteiger partial charge is 0.356 e. The summed E-state index contributed by atoms with van der Waals surface area (Å²) in [5.74, 6) is 2.42. The number of guanidine groups is 1. The first kappa shape index (κ1) is 18.4. The topological polar surface area (TPSA) is 67.1 Å². The summed E-state index contributed by atoms with van der Waals surface area (Å²) in [5.41, 5.74) is 1.50. The number of nitrogens with zero attached hydrogens (tertiary/aromatic N) is 4. The van der Waals surface area contributed by atoms with Crippen LogP contribution in [0.5, 0.6) is 0 Å². The first-order valence-corrected chi connectivity index (χ1v) is 9.51. The van der Waals surface area contributed by atoms with Gasteiger partial charge in [0.1, 0.15) is 6.33 Å². The molecule has 0 unspecified atom stereocenters. The third-order valence-electron chi connectivity index (χ3n) is 5.18. The summed E-state index contributed by atoms with van der Waals surface area (Å²) in [6.45, 7) is 6.18. The van der Waals surface area contributed by atoms with Crippen molar-refractivity contribution >= 4 is 5.96 Å². The van der Waals surface area contributed by atoms with Crippen LogP contribution >= 0.6 is 0 Å². The number of para-hydroxylation sites is 1. The molecule has 6 heteroatoms. The predicted molar refractivity (Wildman–Crippen MR) is 105 cm³/mol. The monoisotopic (exact) mass is 354 g/mol. The average Bonchev–Trinajstić information content (AvgIpc) is 3.08. The van der Waals surface area contributed by atoms with Gasteiger partial charge in [-0.15, -0.1) is 10.2 Å². The van der Waals surface area contributed by atoms with Crippen LogP contribution in [0.15, 0.2) is 41.7 Å². The van der Waals surface area contributed by atoms with Crippen LogP contribution in [0.1, 0.15) is 45.4 Å². The number of rotatable bonds is 7. The summed E-state index contributed by atoms with van der Waals surface area (Å²) in [4.78, 5) is 4.37. The van der Waals surface area contributed by atoms with E-state index in [4.69, 9.17) is 0 Å². The number of aliphatic imine (C=N–C) groups is 1. The summed E-state index contributed by atoms with van der Waals surface area (Å²) >= 11 is 0. The Bertz CT molecular complexity index is 715. The van der Waals surface area contributed by atoms with Crippen molar-refractivity contribution in [2.24, 2.45) is 16.3 Å². The quantitative estimate of drug-likeness (QED) is 0.592. The fourth-order valence-corrected chi connectivity index (χ4v) is 3.83. The standard InChI is InChI=1S/C20H30N6/c1-16(2)12-20(10-7-11-20)14-23-19(21-3)22-13-18-25-24-15-26(18)17-8-5-4-6-9-17/h4-6,8-9,15-16H,7,10-14H2,1-3H3,(H2,21,22,23). The van der Waals surface area contributed by atoms with Gasteiger partial charge < -0.3 is 10.6 Å². The summed E-state index contributed by atoms with van der Waals surface area (Å²) < 4.78 is 1.99. The molecule has 2 aromatic rings. The van der Waals surface area contributed by atoms with Crippen molar-refractivity contribution in [3.8, 4) is 5.69 Å². The predicted octanol–water partition coefficient (Wildman–Crippen LogP) is 3.15. The molecule has 140 valence electrons. The Hall–Kier alpha value is -2.37. The second kappa shape index (κ2) is 8.34. The highest BCUT2D eigenvalue weighted by Gasteiger charge is 2.37. The Labute approximate surface area is 156 Å². The molecule has 1 aromatic carbocycles. The molecule has 0 amide bonds. The minimum atomic E-state index is 0.440. The van der Waals surface area contributed by atoms with E-state index in [1.165, 1.54) is 25.7 Å². The van der Waals surface area contributed by atoms with Gasteiger partial charge in [0.2, 0.25) is 0 Å². The molecule has 1 fully saturated rings. The highest BCUT2D eigenvalue weighted by molar-refractivity contribution is 5.79. The number of hydrogen-bond acceptors (Lipinski definition) is 3. The smallest absolute Gasteiger partial charge is 0.191 e. The van der Waals surface area contributed by atoms with Crippen LogP contribution in [0, 0.1) is 11.3 Å². The van der Waals surface area contributed by atoms with Crippen LogP contribution in [0.2, 0.25) is 0 Å². The summed E-state index contributed by atoms with van der Waals surface area (Å²) in [5, 5.41) is 15.2. The highest BCUT2D eigenvalue weighted by atomic mass is 15.3. The third-order valence-corrected chi connectivity index (χ3v) is 5.18. The van der Waals surface area contributed by atoms with E-state index in [0.717, 1.165) is 29.9 Å². The van der Waals surface area contributed by atoms with Crippen LogP contribution in [-0.4, -0.2) is 34.3 Å². The van der Waals surface area contributed by atoms with Crippen LogP contribution in [0.25, 0.3) is 5.69 Å². The third kappa shape index (κ3) is 4.42. The van der Waals surface area contributed by atoms with Crippen molar-refractivity contribution in [1.82, 2.24) is 25.4 Å². The summed E-state index contributed by atoms with van der Waals surface area (Å²) in [7, 11) is 1.81. The maximum atomic E-state index is 4.37. The highest BCUT2D eigenvalue weighted by Crippen LogP contribution is 2.45. The van der Waals surface area contributed by atoms with E-state index in [-0.39, 0.29) is 0 Å². The molecule has 0 atom stereocenters. The van der Waals surface area contributed by atoms with E-state index in [2.05, 4.69) is 39.7 Å². The second-order valence-electron chi connectivity index (χ2n) is 7.68. The Balaban J connectivity index is 1.56. The molecular formula is C20H30N6. The van der Waals surface area contributed by atoms with Crippen molar-refractivity contribution in [2.75, 3.05) is 13.6 Å². The van der Waals surface area contributed by atoms with Crippen LogP contribution in [0.3, 0.4) is 0 Å². The Kier molecular flexibility index (Phi) is 5.91. The molecule has 0 aliphatic heterocycles. The minimum Gasteiger partial charge on any atom is -0.356 e. The van der Waals surface area contributed by atoms with Gasteiger partial charge in [-0.05, 0) is 42.7 Å². The van der Waals surface area contributed by atoms with Gasteiger partial charge in [-0.1, -0.05) is 38.5 Å². The van der Waals surface area contributed by atoms with E-state index >= 15 is 0 Å². The fourth-order valence-electron chi connectivity index (χ4n) is 3.83. The van der Waals surface area contributed by atoms with Gasteiger partial charge in [0.05, 0.1) is 6.54 Å². The van der Waals surface area contributed by atoms with Crippen LogP contribution < -0.4 is 10.6 Å². The van der Waals surface area contributed by atoms with Crippen molar-refractivity contribution in [1.29, 1.82) is 0 Å². The van der Waals surface area contributed by atoms with Crippen LogP contribution in [0.4, 0.5) is 0 Å². The van der Waals surface area contributed by atoms with E-state index in [1.54, 1.807) is 6.33 Å². The lowest BCUT2D eigenvalue weighted by atomic mass is 9.64. The van der Waals surface area contributed by atoms with E-state index < -0.39 is 0 Å². The lowest BCUT2D eigenvalue weighted by molar-refractivity contribution is 0.104. The molecule has 1 aliphatic rings. The molecule has 1 saturated carbocycles. The second-order valence-corrected chi connectivity index (χ2v) is 7.68. The van der Waals surface area contributed by atoms with E-state index in [0.29, 0.717) is 12.0 Å². The lowest BCUT2D eigenvalue weighted by Crippen LogP contribution is -2.46. The first-order chi connectivity index (χ1) is 12.6. The van der Waals surface area contributed by atoms with Gasteiger partial charge in [-0.2, -0.15) is 0 Å². The molecule has 0 spiro atoms. The normalized spacial score (nSPS) is 16.4. The fraction of sp³-hybridized carbons (Fsp3) is 0.550. The van der Waals surface area contributed by atoms with Gasteiger partial charge in [0.25, 0.3) is 0 Å². The molecule has 6 nitrogen and oxygen atoms in total. The minimum absolute atomic E-state index is 0.440. The van der Waals surface area contributed by atoms with Crippen molar-refractivity contribution in [3.05, 3.63) is 42.5 Å². The number of nitrogens with one attached hydrogen (secondary N) is 2. The molecule has 2 N–H and O–H groups in total. The zero-order chi connectivity index (χ0) is 18.4. The van der Waals surface area contributed by atoms with Crippen molar-refractivity contribution in [3.63, 3.8) is 0 Å². The maximum Gasteiger partial charge on any atom is 0.191 e. The Morgan fingerprint density at radius 1 is 1.23 bits per heavy atom. The molecule has 1 aliphatic carbocycles. The van der Waals surface area contributed by atoms with E-state index in [9.17, 15) is 0 Å². The van der Waals surface area contributed by atoms with E-state index in [1.807, 2.05) is 41.9 Å². The lowest BCUT2D eigenvalue weighted by Gasteiger charge is -2.43. The van der Waals surface area contributed by atoms with Gasteiger partial charge in [-0.25, -0.2) is 0 Å². The molecule has 0 radical (unpaired) electrons. The zero-order valence-electron chi connectivity index (χ0n) is 16.1.